The summed E-state index contributed by atoms with van der Waals surface area (Å²) in [5, 5.41) is 12.4. The van der Waals surface area contributed by atoms with Crippen LogP contribution in [0.1, 0.15) is 55.1 Å². The SMILES string of the molecule is C[C@@H](NCc1ccoc1C(=O)O)C1CCCCC1. The van der Waals surface area contributed by atoms with E-state index in [1.54, 1.807) is 6.07 Å². The van der Waals surface area contributed by atoms with E-state index in [0.29, 0.717) is 12.6 Å². The van der Waals surface area contributed by atoms with Crippen LogP contribution < -0.4 is 5.32 Å². The molecule has 18 heavy (non-hydrogen) atoms. The molecule has 1 saturated carbocycles. The summed E-state index contributed by atoms with van der Waals surface area (Å²) < 4.78 is 4.96. The molecule has 0 amide bonds. The van der Waals surface area contributed by atoms with Crippen LogP contribution in [0.2, 0.25) is 0 Å². The third-order valence-corrected chi connectivity index (χ3v) is 3.91. The summed E-state index contributed by atoms with van der Waals surface area (Å²) in [7, 11) is 0. The van der Waals surface area contributed by atoms with Gasteiger partial charge in [0.15, 0.2) is 0 Å². The molecule has 0 bridgehead atoms. The van der Waals surface area contributed by atoms with Crippen LogP contribution in [0.4, 0.5) is 0 Å². The third kappa shape index (κ3) is 3.13. The van der Waals surface area contributed by atoms with E-state index >= 15 is 0 Å². The van der Waals surface area contributed by atoms with E-state index < -0.39 is 5.97 Å². The Morgan fingerprint density at radius 2 is 2.22 bits per heavy atom. The maximum absolute atomic E-state index is 10.9. The second-order valence-electron chi connectivity index (χ2n) is 5.15. The summed E-state index contributed by atoms with van der Waals surface area (Å²) in [6, 6.07) is 2.16. The summed E-state index contributed by atoms with van der Waals surface area (Å²) in [6.07, 6.45) is 8.00. The first-order valence-corrected chi connectivity index (χ1v) is 6.71. The molecule has 4 nitrogen and oxygen atoms in total. The van der Waals surface area contributed by atoms with E-state index in [2.05, 4.69) is 12.2 Å². The first kappa shape index (κ1) is 13.1. The number of carboxylic acid groups (broad SMARTS) is 1. The van der Waals surface area contributed by atoms with Gasteiger partial charge in [0.25, 0.3) is 0 Å². The van der Waals surface area contributed by atoms with Crippen molar-refractivity contribution in [2.45, 2.75) is 51.6 Å². The van der Waals surface area contributed by atoms with Gasteiger partial charge < -0.3 is 14.8 Å². The van der Waals surface area contributed by atoms with Crippen LogP contribution in [-0.4, -0.2) is 17.1 Å². The number of carboxylic acids is 1. The zero-order valence-electron chi connectivity index (χ0n) is 10.8. The van der Waals surface area contributed by atoms with Crippen molar-refractivity contribution >= 4 is 5.97 Å². The standard InChI is InChI=1S/C14H21NO3/c1-10(11-5-3-2-4-6-11)15-9-12-7-8-18-13(12)14(16)17/h7-8,10-11,15H,2-6,9H2,1H3,(H,16,17)/t10-/m1/s1. The Balaban J connectivity index is 1.86. The van der Waals surface area contributed by atoms with Crippen LogP contribution >= 0.6 is 0 Å². The second kappa shape index (κ2) is 6.05. The van der Waals surface area contributed by atoms with E-state index in [1.807, 2.05) is 0 Å². The smallest absolute Gasteiger partial charge is 0.372 e. The lowest BCUT2D eigenvalue weighted by Crippen LogP contribution is -2.34. The number of furan rings is 1. The average molecular weight is 251 g/mol. The van der Waals surface area contributed by atoms with Gasteiger partial charge in [0.2, 0.25) is 5.76 Å². The molecule has 1 aliphatic rings. The maximum atomic E-state index is 10.9. The Kier molecular flexibility index (Phi) is 4.42. The van der Waals surface area contributed by atoms with Crippen LogP contribution in [0.5, 0.6) is 0 Å². The van der Waals surface area contributed by atoms with E-state index in [9.17, 15) is 4.79 Å². The minimum atomic E-state index is -0.998. The van der Waals surface area contributed by atoms with E-state index in [0.717, 1.165) is 11.5 Å². The average Bonchev–Trinajstić information content (AvgIpc) is 2.85. The molecule has 1 heterocycles. The van der Waals surface area contributed by atoms with Crippen molar-refractivity contribution in [3.05, 3.63) is 23.7 Å². The number of aromatic carboxylic acids is 1. The molecule has 0 unspecified atom stereocenters. The lowest BCUT2D eigenvalue weighted by Gasteiger charge is -2.28. The number of hydrogen-bond donors (Lipinski definition) is 2. The predicted octanol–water partition coefficient (Wildman–Crippen LogP) is 3.04. The van der Waals surface area contributed by atoms with Gasteiger partial charge in [0.05, 0.1) is 6.26 Å². The molecule has 2 N–H and O–H groups in total. The topological polar surface area (TPSA) is 62.5 Å². The zero-order valence-corrected chi connectivity index (χ0v) is 10.8. The largest absolute Gasteiger partial charge is 0.475 e. The van der Waals surface area contributed by atoms with Gasteiger partial charge in [0, 0.05) is 18.2 Å². The van der Waals surface area contributed by atoms with Gasteiger partial charge in [-0.15, -0.1) is 0 Å². The highest BCUT2D eigenvalue weighted by Crippen LogP contribution is 2.26. The molecule has 4 heteroatoms. The Labute approximate surface area is 107 Å². The van der Waals surface area contributed by atoms with Gasteiger partial charge in [-0.3, -0.25) is 0 Å². The quantitative estimate of drug-likeness (QED) is 0.844. The summed E-state index contributed by atoms with van der Waals surface area (Å²) in [5.41, 5.74) is 0.727. The maximum Gasteiger partial charge on any atom is 0.372 e. The first-order chi connectivity index (χ1) is 8.68. The predicted molar refractivity (Wildman–Crippen MR) is 68.5 cm³/mol. The van der Waals surface area contributed by atoms with Crippen LogP contribution in [0.3, 0.4) is 0 Å². The van der Waals surface area contributed by atoms with Gasteiger partial charge in [0.1, 0.15) is 0 Å². The molecule has 0 radical (unpaired) electrons. The van der Waals surface area contributed by atoms with E-state index in [4.69, 9.17) is 9.52 Å². The molecule has 0 aromatic carbocycles. The van der Waals surface area contributed by atoms with Crippen molar-refractivity contribution in [1.82, 2.24) is 5.32 Å². The fourth-order valence-electron chi connectivity index (χ4n) is 2.73. The molecule has 1 aromatic rings. The molecule has 1 aliphatic carbocycles. The molecule has 2 rings (SSSR count). The number of carbonyl (C=O) groups is 1. The highest BCUT2D eigenvalue weighted by molar-refractivity contribution is 5.86. The van der Waals surface area contributed by atoms with Gasteiger partial charge in [-0.25, -0.2) is 4.79 Å². The van der Waals surface area contributed by atoms with Crippen molar-refractivity contribution in [2.75, 3.05) is 0 Å². The Morgan fingerprint density at radius 3 is 2.89 bits per heavy atom. The fourth-order valence-corrected chi connectivity index (χ4v) is 2.73. The molecule has 0 saturated heterocycles. The number of rotatable bonds is 5. The van der Waals surface area contributed by atoms with Crippen molar-refractivity contribution in [2.24, 2.45) is 5.92 Å². The summed E-state index contributed by atoms with van der Waals surface area (Å²) >= 11 is 0. The van der Waals surface area contributed by atoms with Gasteiger partial charge in [-0.2, -0.15) is 0 Å². The zero-order chi connectivity index (χ0) is 13.0. The second-order valence-corrected chi connectivity index (χ2v) is 5.15. The Bertz CT molecular complexity index is 393. The molecular formula is C14H21NO3. The monoisotopic (exact) mass is 251 g/mol. The molecule has 1 fully saturated rings. The number of nitrogens with one attached hydrogen (secondary N) is 1. The van der Waals surface area contributed by atoms with Crippen LogP contribution in [-0.2, 0) is 6.54 Å². The van der Waals surface area contributed by atoms with Crippen molar-refractivity contribution in [3.8, 4) is 0 Å². The van der Waals surface area contributed by atoms with Gasteiger partial charge in [-0.05, 0) is 31.7 Å². The Morgan fingerprint density at radius 1 is 1.50 bits per heavy atom. The van der Waals surface area contributed by atoms with Crippen molar-refractivity contribution < 1.29 is 14.3 Å². The van der Waals surface area contributed by atoms with Gasteiger partial charge >= 0.3 is 5.97 Å². The summed E-state index contributed by atoms with van der Waals surface area (Å²) in [6.45, 7) is 2.76. The van der Waals surface area contributed by atoms with Crippen LogP contribution in [0.25, 0.3) is 0 Å². The third-order valence-electron chi connectivity index (χ3n) is 3.91. The summed E-state index contributed by atoms with van der Waals surface area (Å²) in [4.78, 5) is 10.9. The van der Waals surface area contributed by atoms with Crippen LogP contribution in [0, 0.1) is 5.92 Å². The molecule has 100 valence electrons. The Hall–Kier alpha value is -1.29. The molecule has 0 aliphatic heterocycles. The fraction of sp³-hybridized carbons (Fsp3) is 0.643. The minimum Gasteiger partial charge on any atom is -0.475 e. The molecule has 1 aromatic heterocycles. The summed E-state index contributed by atoms with van der Waals surface area (Å²) in [5.74, 6) is -0.223. The van der Waals surface area contributed by atoms with Crippen LogP contribution in [0.15, 0.2) is 16.7 Å². The minimum absolute atomic E-state index is 0.0540. The van der Waals surface area contributed by atoms with Crippen molar-refractivity contribution in [1.29, 1.82) is 0 Å². The molecular weight excluding hydrogens is 230 g/mol. The highest BCUT2D eigenvalue weighted by atomic mass is 16.4. The van der Waals surface area contributed by atoms with Crippen molar-refractivity contribution in [3.63, 3.8) is 0 Å². The lowest BCUT2D eigenvalue weighted by atomic mass is 9.84. The van der Waals surface area contributed by atoms with Gasteiger partial charge in [-0.1, -0.05) is 19.3 Å². The van der Waals surface area contributed by atoms with E-state index in [-0.39, 0.29) is 5.76 Å². The lowest BCUT2D eigenvalue weighted by molar-refractivity contribution is 0.0660. The number of hydrogen-bond acceptors (Lipinski definition) is 3. The highest BCUT2D eigenvalue weighted by Gasteiger charge is 2.20. The molecule has 1 atom stereocenters. The first-order valence-electron chi connectivity index (χ1n) is 6.71. The normalized spacial score (nSPS) is 18.7. The van der Waals surface area contributed by atoms with E-state index in [1.165, 1.54) is 38.4 Å². The molecule has 0 spiro atoms.